The van der Waals surface area contributed by atoms with Crippen LogP contribution in [0.4, 0.5) is 43.9 Å². The van der Waals surface area contributed by atoms with Crippen molar-refractivity contribution in [3.8, 4) is 0 Å². The third kappa shape index (κ3) is 18.3. The number of rotatable bonds is 23. The zero-order chi connectivity index (χ0) is 30.0. The second kappa shape index (κ2) is 19.3. The smallest absolute Gasteiger partial charge is 0.453 e. The molecule has 0 N–H and O–H groups in total. The van der Waals surface area contributed by atoms with Crippen molar-refractivity contribution >= 4 is 21.9 Å². The fourth-order valence-electron chi connectivity index (χ4n) is 3.21. The lowest BCUT2D eigenvalue weighted by atomic mass is 10.1. The van der Waals surface area contributed by atoms with Crippen LogP contribution in [0.15, 0.2) is 0 Å². The van der Waals surface area contributed by atoms with Crippen LogP contribution in [-0.2, 0) is 19.0 Å². The van der Waals surface area contributed by atoms with Crippen LogP contribution < -0.4 is 0 Å². The Balaban J connectivity index is 4.44. The van der Waals surface area contributed by atoms with Crippen LogP contribution in [-0.4, -0.2) is 61.6 Å². The second-order valence-corrected chi connectivity index (χ2v) is 9.85. The molecule has 0 saturated heterocycles. The molecule has 0 aliphatic heterocycles. The maximum atomic E-state index is 13.0. The molecule has 0 fully saturated rings. The summed E-state index contributed by atoms with van der Waals surface area (Å²) in [6.45, 7) is -0.166. The molecule has 0 aliphatic rings. The first kappa shape index (κ1) is 38.2. The highest BCUT2D eigenvalue weighted by Gasteiger charge is 2.57. The maximum absolute atomic E-state index is 13.0. The summed E-state index contributed by atoms with van der Waals surface area (Å²) < 4.78 is 141. The van der Waals surface area contributed by atoms with E-state index >= 15 is 0 Å². The van der Waals surface area contributed by atoms with Gasteiger partial charge in [-0.2, -0.15) is 43.9 Å². The van der Waals surface area contributed by atoms with E-state index in [4.69, 9.17) is 14.2 Å². The van der Waals surface area contributed by atoms with E-state index in [-0.39, 0.29) is 38.9 Å². The average molecular weight is 659 g/mol. The van der Waals surface area contributed by atoms with E-state index in [9.17, 15) is 48.7 Å². The minimum absolute atomic E-state index is 0.104. The van der Waals surface area contributed by atoms with Crippen LogP contribution in [0.1, 0.15) is 89.9 Å². The number of halogens is 11. The fraction of sp³-hybridized carbons (Fsp3) is 0.958. The van der Waals surface area contributed by atoms with Gasteiger partial charge in [0.15, 0.2) is 6.29 Å². The van der Waals surface area contributed by atoms with Gasteiger partial charge in [0, 0.05) is 37.8 Å². The van der Waals surface area contributed by atoms with E-state index in [0.29, 0.717) is 19.4 Å². The quantitative estimate of drug-likeness (QED) is 0.0361. The normalized spacial score (nSPS) is 13.3. The Morgan fingerprint density at radius 1 is 0.590 bits per heavy atom. The molecule has 0 heterocycles. The summed E-state index contributed by atoms with van der Waals surface area (Å²) >= 11 is 3.32. The van der Waals surface area contributed by atoms with Crippen molar-refractivity contribution in [2.24, 2.45) is 0 Å². The zero-order valence-electron chi connectivity index (χ0n) is 21.6. The molecule has 0 spiro atoms. The van der Waals surface area contributed by atoms with E-state index in [0.717, 1.165) is 31.0 Å². The van der Waals surface area contributed by atoms with Crippen LogP contribution >= 0.6 is 15.9 Å². The first-order valence-corrected chi connectivity index (χ1v) is 14.0. The average Bonchev–Trinajstić information content (AvgIpc) is 2.81. The number of hydrogen-bond donors (Lipinski definition) is 0. The fourth-order valence-corrected chi connectivity index (χ4v) is 3.61. The van der Waals surface area contributed by atoms with Crippen LogP contribution in [0.25, 0.3) is 0 Å². The summed E-state index contributed by atoms with van der Waals surface area (Å²) in [5.41, 5.74) is 0. The summed E-state index contributed by atoms with van der Waals surface area (Å²) in [5, 5.41) is 0.906. The highest BCUT2D eigenvalue weighted by atomic mass is 79.9. The molecule has 0 aliphatic carbocycles. The third-order valence-electron chi connectivity index (χ3n) is 5.57. The zero-order valence-corrected chi connectivity index (χ0v) is 23.2. The molecule has 0 atom stereocenters. The van der Waals surface area contributed by atoms with E-state index in [1.807, 2.05) is 0 Å². The van der Waals surface area contributed by atoms with Gasteiger partial charge in [-0.25, -0.2) is 0 Å². The molecule has 0 unspecified atom stereocenters. The molecule has 0 aromatic heterocycles. The van der Waals surface area contributed by atoms with Gasteiger partial charge < -0.3 is 14.2 Å². The van der Waals surface area contributed by atoms with Crippen LogP contribution in [0.3, 0.4) is 0 Å². The third-order valence-corrected chi connectivity index (χ3v) is 6.13. The number of alkyl halides is 11. The topological polar surface area (TPSA) is 44.8 Å². The van der Waals surface area contributed by atoms with E-state index in [1.165, 1.54) is 0 Å². The molecular weight excluding hydrogens is 622 g/mol. The minimum Gasteiger partial charge on any atom is -0.466 e. The van der Waals surface area contributed by atoms with Crippen LogP contribution in [0.2, 0.25) is 0 Å². The predicted octanol–water partition coefficient (Wildman–Crippen LogP) is 9.14. The Morgan fingerprint density at radius 2 is 1.05 bits per heavy atom. The number of unbranched alkanes of at least 4 members (excludes halogenated alkanes) is 6. The Labute approximate surface area is 230 Å². The largest absolute Gasteiger partial charge is 0.466 e. The lowest BCUT2D eigenvalue weighted by molar-refractivity contribution is -0.285. The highest BCUT2D eigenvalue weighted by Crippen LogP contribution is 2.40. The first-order valence-electron chi connectivity index (χ1n) is 12.9. The number of carbonyl (C=O) groups excluding carboxylic acids is 1. The number of esters is 1. The molecule has 0 aromatic carbocycles. The van der Waals surface area contributed by atoms with E-state index in [2.05, 4.69) is 15.9 Å². The highest BCUT2D eigenvalue weighted by molar-refractivity contribution is 9.09. The Kier molecular flexibility index (Phi) is 18.9. The van der Waals surface area contributed by atoms with Gasteiger partial charge in [-0.05, 0) is 57.8 Å². The number of hydrogen-bond acceptors (Lipinski definition) is 4. The SMILES string of the molecule is O=C(CCCCC(OCCCCC(F)(F)C(F)(F)F)OCCCCC(F)(F)C(F)(F)F)OCCCCCCBr. The second-order valence-electron chi connectivity index (χ2n) is 9.06. The molecule has 0 amide bonds. The van der Waals surface area contributed by atoms with Gasteiger partial charge in [0.2, 0.25) is 0 Å². The minimum atomic E-state index is -5.66. The molecule has 0 radical (unpaired) electrons. The van der Waals surface area contributed by atoms with Crippen molar-refractivity contribution in [1.82, 2.24) is 0 Å². The van der Waals surface area contributed by atoms with Crippen molar-refractivity contribution in [3.63, 3.8) is 0 Å². The van der Waals surface area contributed by atoms with E-state index < -0.39 is 62.1 Å². The van der Waals surface area contributed by atoms with Gasteiger partial charge >= 0.3 is 30.2 Å². The lowest BCUT2D eigenvalue weighted by Gasteiger charge is -2.21. The van der Waals surface area contributed by atoms with Gasteiger partial charge in [-0.1, -0.05) is 28.8 Å². The summed E-state index contributed by atoms with van der Waals surface area (Å²) in [5.74, 6) is -10.1. The molecule has 0 aromatic rings. The van der Waals surface area contributed by atoms with Crippen LogP contribution in [0, 0.1) is 0 Å². The van der Waals surface area contributed by atoms with Gasteiger partial charge in [0.25, 0.3) is 0 Å². The molecule has 0 bridgehead atoms. The van der Waals surface area contributed by atoms with Crippen molar-refractivity contribution in [1.29, 1.82) is 0 Å². The summed E-state index contributed by atoms with van der Waals surface area (Å²) in [4.78, 5) is 11.8. The van der Waals surface area contributed by atoms with Crippen molar-refractivity contribution in [3.05, 3.63) is 0 Å². The lowest BCUT2D eigenvalue weighted by Crippen LogP contribution is -2.36. The Hall–Kier alpha value is -0.830. The standard InChI is InChI=1S/C24H37BrF10O4/c25-15-7-1-2-8-16-37-19(36)11-3-4-12-20(38-17-9-5-13-21(26,27)23(30,31)32)39-18-10-6-14-22(28,29)24(33,34)35/h20H,1-18H2. The van der Waals surface area contributed by atoms with Crippen molar-refractivity contribution in [2.75, 3.05) is 25.2 Å². The van der Waals surface area contributed by atoms with Crippen molar-refractivity contribution in [2.45, 2.75) is 120 Å². The summed E-state index contributed by atoms with van der Waals surface area (Å²) in [7, 11) is 0. The maximum Gasteiger partial charge on any atom is 0.453 e. The molecular formula is C24H37BrF10O4. The Bertz CT molecular complexity index is 609. The van der Waals surface area contributed by atoms with Crippen LogP contribution in [0.5, 0.6) is 0 Å². The van der Waals surface area contributed by atoms with Gasteiger partial charge in [-0.3, -0.25) is 4.79 Å². The molecule has 4 nitrogen and oxygen atoms in total. The molecule has 39 heavy (non-hydrogen) atoms. The molecule has 15 heteroatoms. The molecule has 234 valence electrons. The van der Waals surface area contributed by atoms with Gasteiger partial charge in [0.1, 0.15) is 0 Å². The number of carbonyl (C=O) groups is 1. The summed E-state index contributed by atoms with van der Waals surface area (Å²) in [6, 6.07) is 0. The van der Waals surface area contributed by atoms with Gasteiger partial charge in [0.05, 0.1) is 6.61 Å². The summed E-state index contributed by atoms with van der Waals surface area (Å²) in [6.07, 6.45) is -11.7. The number of ether oxygens (including phenoxy) is 3. The predicted molar refractivity (Wildman–Crippen MR) is 127 cm³/mol. The molecule has 0 saturated carbocycles. The monoisotopic (exact) mass is 658 g/mol. The Morgan fingerprint density at radius 3 is 1.51 bits per heavy atom. The van der Waals surface area contributed by atoms with Gasteiger partial charge in [-0.15, -0.1) is 0 Å². The van der Waals surface area contributed by atoms with E-state index in [1.54, 1.807) is 0 Å². The first-order chi connectivity index (χ1) is 18.0. The van der Waals surface area contributed by atoms with Crippen molar-refractivity contribution < 1.29 is 62.9 Å². The molecule has 0 rings (SSSR count).